The average Bonchev–Trinajstić information content (AvgIpc) is 2.60. The number of nitrogens with zero attached hydrogens (tertiary/aromatic N) is 1. The average molecular weight is 344 g/mol. The van der Waals surface area contributed by atoms with Gasteiger partial charge >= 0.3 is 0 Å². The molecular weight excluding hydrogens is 316 g/mol. The Morgan fingerprint density at radius 3 is 2.60 bits per heavy atom. The van der Waals surface area contributed by atoms with Crippen LogP contribution in [0.3, 0.4) is 0 Å². The molecule has 1 saturated carbocycles. The van der Waals surface area contributed by atoms with Crippen LogP contribution in [0.1, 0.15) is 44.6 Å². The number of piperidine rings is 1. The Morgan fingerprint density at radius 1 is 1.16 bits per heavy atom. The van der Waals surface area contributed by atoms with Crippen molar-refractivity contribution in [2.45, 2.75) is 51.5 Å². The number of fused-ring (bicyclic) bond motifs is 1. The lowest BCUT2D eigenvalue weighted by Gasteiger charge is -2.47. The van der Waals surface area contributed by atoms with Gasteiger partial charge < -0.3 is 15.4 Å². The van der Waals surface area contributed by atoms with Crippen LogP contribution < -0.4 is 10.5 Å². The minimum Gasteiger partial charge on any atom is -0.484 e. The van der Waals surface area contributed by atoms with Crippen LogP contribution >= 0.6 is 0 Å². The van der Waals surface area contributed by atoms with E-state index in [1.54, 1.807) is 12.1 Å². The van der Waals surface area contributed by atoms with Crippen molar-refractivity contribution >= 4 is 11.8 Å². The van der Waals surface area contributed by atoms with E-state index in [0.717, 1.165) is 18.5 Å². The van der Waals surface area contributed by atoms with Crippen LogP contribution in [-0.4, -0.2) is 35.9 Å². The van der Waals surface area contributed by atoms with Crippen molar-refractivity contribution in [2.75, 3.05) is 13.2 Å². The Labute approximate surface area is 149 Å². The first-order valence-corrected chi connectivity index (χ1v) is 9.34. The molecule has 1 aromatic carbocycles. The highest BCUT2D eigenvalue weighted by atomic mass is 16.5. The van der Waals surface area contributed by atoms with Crippen LogP contribution in [0, 0.1) is 11.8 Å². The Kier molecular flexibility index (Phi) is 5.61. The summed E-state index contributed by atoms with van der Waals surface area (Å²) < 4.78 is 5.69. The summed E-state index contributed by atoms with van der Waals surface area (Å²) in [6.07, 6.45) is 6.32. The summed E-state index contributed by atoms with van der Waals surface area (Å²) in [7, 11) is 0. The molecule has 1 aromatic rings. The molecule has 3 atom stereocenters. The number of amides is 2. The fourth-order valence-electron chi connectivity index (χ4n) is 4.48. The van der Waals surface area contributed by atoms with Gasteiger partial charge in [-0.15, -0.1) is 0 Å². The first-order valence-electron chi connectivity index (χ1n) is 9.34. The minimum absolute atomic E-state index is 0.0745. The van der Waals surface area contributed by atoms with Crippen LogP contribution in [0.5, 0.6) is 5.75 Å². The predicted octanol–water partition coefficient (Wildman–Crippen LogP) is 2.52. The van der Waals surface area contributed by atoms with Crippen molar-refractivity contribution < 1.29 is 14.3 Å². The third kappa shape index (κ3) is 4.33. The molecule has 0 bridgehead atoms. The third-order valence-electron chi connectivity index (χ3n) is 5.62. The zero-order valence-electron chi connectivity index (χ0n) is 14.9. The van der Waals surface area contributed by atoms with E-state index < -0.39 is 0 Å². The van der Waals surface area contributed by atoms with Gasteiger partial charge in [0.05, 0.1) is 6.42 Å². The van der Waals surface area contributed by atoms with Crippen LogP contribution in [-0.2, 0) is 16.0 Å². The molecule has 2 aliphatic rings. The maximum absolute atomic E-state index is 12.7. The number of primary amides is 1. The van der Waals surface area contributed by atoms with Gasteiger partial charge in [-0.2, -0.15) is 0 Å². The molecule has 5 nitrogen and oxygen atoms in total. The molecule has 0 spiro atoms. The highest BCUT2D eigenvalue weighted by Gasteiger charge is 2.39. The number of rotatable bonds is 5. The topological polar surface area (TPSA) is 72.6 Å². The van der Waals surface area contributed by atoms with E-state index in [1.807, 2.05) is 12.1 Å². The SMILES string of the molecule is C[C@@H]1CCC[C@@H]2CCCN(C(=O)COc3ccc(CC(N)=O)cc3)[C@H]21. The molecule has 1 saturated heterocycles. The summed E-state index contributed by atoms with van der Waals surface area (Å²) in [5.41, 5.74) is 6.04. The first-order chi connectivity index (χ1) is 12.0. The van der Waals surface area contributed by atoms with E-state index in [2.05, 4.69) is 11.8 Å². The summed E-state index contributed by atoms with van der Waals surface area (Å²) >= 11 is 0. The van der Waals surface area contributed by atoms with Gasteiger partial charge in [-0.05, 0) is 55.2 Å². The van der Waals surface area contributed by atoms with Crippen molar-refractivity contribution in [3.8, 4) is 5.75 Å². The monoisotopic (exact) mass is 344 g/mol. The maximum atomic E-state index is 12.7. The fourth-order valence-corrected chi connectivity index (χ4v) is 4.48. The van der Waals surface area contributed by atoms with E-state index in [-0.39, 0.29) is 24.8 Å². The summed E-state index contributed by atoms with van der Waals surface area (Å²) in [4.78, 5) is 25.7. The summed E-state index contributed by atoms with van der Waals surface area (Å²) in [6.45, 7) is 3.21. The largest absolute Gasteiger partial charge is 0.484 e. The molecule has 3 rings (SSSR count). The Bertz CT molecular complexity index is 612. The van der Waals surface area contributed by atoms with Crippen molar-refractivity contribution in [3.63, 3.8) is 0 Å². The maximum Gasteiger partial charge on any atom is 0.260 e. The molecule has 2 N–H and O–H groups in total. The lowest BCUT2D eigenvalue weighted by Crippen LogP contribution is -2.54. The summed E-state index contributed by atoms with van der Waals surface area (Å²) in [5, 5.41) is 0. The van der Waals surface area contributed by atoms with Gasteiger partial charge in [0.2, 0.25) is 5.91 Å². The molecule has 1 heterocycles. The number of nitrogens with two attached hydrogens (primary N) is 1. The van der Waals surface area contributed by atoms with Crippen LogP contribution in [0.2, 0.25) is 0 Å². The van der Waals surface area contributed by atoms with E-state index >= 15 is 0 Å². The molecule has 25 heavy (non-hydrogen) atoms. The third-order valence-corrected chi connectivity index (χ3v) is 5.62. The first kappa shape index (κ1) is 17.8. The zero-order valence-corrected chi connectivity index (χ0v) is 14.9. The summed E-state index contributed by atoms with van der Waals surface area (Å²) in [6, 6.07) is 7.58. The summed E-state index contributed by atoms with van der Waals surface area (Å²) in [5.74, 6) is 1.62. The van der Waals surface area contributed by atoms with Crippen molar-refractivity contribution in [2.24, 2.45) is 17.6 Å². The van der Waals surface area contributed by atoms with Crippen molar-refractivity contribution in [3.05, 3.63) is 29.8 Å². The van der Waals surface area contributed by atoms with Crippen molar-refractivity contribution in [1.82, 2.24) is 4.90 Å². The molecule has 0 unspecified atom stereocenters. The van der Waals surface area contributed by atoms with Crippen LogP contribution in [0.4, 0.5) is 0 Å². The Balaban J connectivity index is 1.57. The smallest absolute Gasteiger partial charge is 0.260 e. The number of carbonyl (C=O) groups is 2. The Morgan fingerprint density at radius 2 is 1.88 bits per heavy atom. The lowest BCUT2D eigenvalue weighted by molar-refractivity contribution is -0.141. The molecule has 0 radical (unpaired) electrons. The number of carbonyl (C=O) groups excluding carboxylic acids is 2. The molecule has 2 fully saturated rings. The van der Waals surface area contributed by atoms with Gasteiger partial charge in [0.1, 0.15) is 5.75 Å². The quantitative estimate of drug-likeness (QED) is 0.892. The van der Waals surface area contributed by atoms with Crippen LogP contribution in [0.25, 0.3) is 0 Å². The molecular formula is C20H28N2O3. The Hall–Kier alpha value is -2.04. The molecule has 5 heteroatoms. The van der Waals surface area contributed by atoms with Crippen molar-refractivity contribution in [1.29, 1.82) is 0 Å². The van der Waals surface area contributed by atoms with Gasteiger partial charge in [-0.3, -0.25) is 9.59 Å². The van der Waals surface area contributed by atoms with E-state index in [0.29, 0.717) is 23.6 Å². The van der Waals surface area contributed by atoms with E-state index in [4.69, 9.17) is 10.5 Å². The number of hydrogen-bond donors (Lipinski definition) is 1. The minimum atomic E-state index is -0.356. The van der Waals surface area contributed by atoms with Gasteiger partial charge in [-0.25, -0.2) is 0 Å². The normalized spacial score (nSPS) is 26.0. The van der Waals surface area contributed by atoms with Crippen LogP contribution in [0.15, 0.2) is 24.3 Å². The highest BCUT2D eigenvalue weighted by Crippen LogP contribution is 2.38. The number of hydrogen-bond acceptors (Lipinski definition) is 3. The van der Waals surface area contributed by atoms with Gasteiger partial charge in [-0.1, -0.05) is 25.5 Å². The number of likely N-dealkylation sites (tertiary alicyclic amines) is 1. The molecule has 1 aliphatic heterocycles. The second-order valence-electron chi connectivity index (χ2n) is 7.46. The zero-order chi connectivity index (χ0) is 17.8. The van der Waals surface area contributed by atoms with Gasteiger partial charge in [0, 0.05) is 12.6 Å². The van der Waals surface area contributed by atoms with Gasteiger partial charge in [0.15, 0.2) is 6.61 Å². The predicted molar refractivity (Wildman–Crippen MR) is 96.1 cm³/mol. The second kappa shape index (κ2) is 7.89. The molecule has 2 amide bonds. The fraction of sp³-hybridized carbons (Fsp3) is 0.600. The number of ether oxygens (including phenoxy) is 1. The van der Waals surface area contributed by atoms with E-state index in [1.165, 1.54) is 25.7 Å². The second-order valence-corrected chi connectivity index (χ2v) is 7.46. The number of benzene rings is 1. The highest BCUT2D eigenvalue weighted by molar-refractivity contribution is 5.78. The molecule has 0 aromatic heterocycles. The van der Waals surface area contributed by atoms with Gasteiger partial charge in [0.25, 0.3) is 5.91 Å². The lowest BCUT2D eigenvalue weighted by atomic mass is 9.73. The standard InChI is InChI=1S/C20H28N2O3/c1-14-4-2-5-16-6-3-11-22(20(14)16)19(24)13-25-17-9-7-15(8-10-17)12-18(21)23/h7-10,14,16,20H,2-6,11-13H2,1H3,(H2,21,23)/t14-,16-,20+/m1/s1. The molecule has 136 valence electrons. The molecule has 1 aliphatic carbocycles. The van der Waals surface area contributed by atoms with E-state index in [9.17, 15) is 9.59 Å².